The van der Waals surface area contributed by atoms with Gasteiger partial charge in [-0.2, -0.15) is 0 Å². The first-order valence-electron chi connectivity index (χ1n) is 7.22. The summed E-state index contributed by atoms with van der Waals surface area (Å²) < 4.78 is 34.7. The van der Waals surface area contributed by atoms with E-state index in [4.69, 9.17) is 4.74 Å². The molecule has 130 valence electrons. The molecule has 0 atom stereocenters. The van der Waals surface area contributed by atoms with Gasteiger partial charge in [0.25, 0.3) is 0 Å². The topological polar surface area (TPSA) is 72.4 Å². The smallest absolute Gasteiger partial charge is 0.243 e. The molecule has 6 nitrogen and oxygen atoms in total. The fourth-order valence-electron chi connectivity index (χ4n) is 2.47. The van der Waals surface area contributed by atoms with E-state index >= 15 is 0 Å². The number of hydrogen-bond acceptors (Lipinski definition) is 4. The number of methoxy groups -OCH3 is 1. The minimum absolute atomic E-state index is 0. The fraction of sp³-hybridized carbons (Fsp3) is 0.467. The van der Waals surface area contributed by atoms with Crippen LogP contribution >= 0.6 is 12.4 Å². The highest BCUT2D eigenvalue weighted by molar-refractivity contribution is 7.89. The number of nitrogens with zero attached hydrogens (tertiary/aromatic N) is 1. The van der Waals surface area contributed by atoms with Crippen LogP contribution in [0.25, 0.3) is 10.9 Å². The first-order valence-corrected chi connectivity index (χ1v) is 8.70. The Morgan fingerprint density at radius 1 is 1.17 bits per heavy atom. The average Bonchev–Trinajstić information content (AvgIpc) is 2.75. The van der Waals surface area contributed by atoms with Gasteiger partial charge in [-0.3, -0.25) is 0 Å². The van der Waals surface area contributed by atoms with Crippen molar-refractivity contribution in [3.8, 4) is 0 Å². The molecular weight excluding hydrogens is 338 g/mol. The molecule has 1 aromatic carbocycles. The highest BCUT2D eigenvalue weighted by Gasteiger charge is 2.23. The van der Waals surface area contributed by atoms with Gasteiger partial charge in [-0.05, 0) is 13.0 Å². The first kappa shape index (κ1) is 19.9. The minimum atomic E-state index is -3.53. The summed E-state index contributed by atoms with van der Waals surface area (Å²) >= 11 is 0. The lowest BCUT2D eigenvalue weighted by atomic mass is 10.2. The number of nitrogens with one attached hydrogen (secondary N) is 2. The van der Waals surface area contributed by atoms with Gasteiger partial charge in [-0.1, -0.05) is 18.2 Å². The van der Waals surface area contributed by atoms with Crippen molar-refractivity contribution < 1.29 is 13.2 Å². The Labute approximate surface area is 143 Å². The molecule has 0 aliphatic heterocycles. The molecule has 2 rings (SSSR count). The molecule has 0 unspecified atom stereocenters. The third-order valence-corrected chi connectivity index (χ3v) is 5.32. The van der Waals surface area contributed by atoms with E-state index < -0.39 is 10.0 Å². The van der Waals surface area contributed by atoms with Crippen molar-refractivity contribution in [2.45, 2.75) is 11.8 Å². The molecule has 1 heterocycles. The molecule has 0 radical (unpaired) electrons. The van der Waals surface area contributed by atoms with Crippen LogP contribution in [0.2, 0.25) is 0 Å². The van der Waals surface area contributed by atoms with E-state index in [-0.39, 0.29) is 12.4 Å². The molecule has 0 fully saturated rings. The maximum Gasteiger partial charge on any atom is 0.243 e. The lowest BCUT2D eigenvalue weighted by Crippen LogP contribution is -2.33. The second-order valence-electron chi connectivity index (χ2n) is 5.13. The predicted octanol–water partition coefficient (Wildman–Crippen LogP) is 1.42. The summed E-state index contributed by atoms with van der Waals surface area (Å²) in [4.78, 5) is 0.363. The molecule has 2 N–H and O–H groups in total. The van der Waals surface area contributed by atoms with Crippen LogP contribution in [0.3, 0.4) is 0 Å². The molecule has 23 heavy (non-hydrogen) atoms. The monoisotopic (exact) mass is 361 g/mol. The van der Waals surface area contributed by atoms with Crippen LogP contribution in [0.4, 0.5) is 0 Å². The molecule has 0 saturated heterocycles. The summed E-state index contributed by atoms with van der Waals surface area (Å²) in [5.74, 6) is 0. The Bertz CT molecular complexity index is 744. The number of halogens is 1. The number of rotatable bonds is 8. The summed E-state index contributed by atoms with van der Waals surface area (Å²) in [6.45, 7) is 4.03. The van der Waals surface area contributed by atoms with Gasteiger partial charge >= 0.3 is 0 Å². The lowest BCUT2D eigenvalue weighted by Gasteiger charge is -2.08. The molecule has 2 aromatic rings. The van der Waals surface area contributed by atoms with E-state index in [1.807, 2.05) is 42.8 Å². The maximum atomic E-state index is 12.6. The van der Waals surface area contributed by atoms with Gasteiger partial charge in [0.15, 0.2) is 0 Å². The Balaban J connectivity index is 0.00000264. The van der Waals surface area contributed by atoms with Crippen molar-refractivity contribution in [3.63, 3.8) is 0 Å². The van der Waals surface area contributed by atoms with Crippen molar-refractivity contribution in [1.29, 1.82) is 0 Å². The third kappa shape index (κ3) is 4.45. The van der Waals surface area contributed by atoms with Gasteiger partial charge in [0.1, 0.15) is 4.90 Å². The zero-order valence-corrected chi connectivity index (χ0v) is 15.3. The second-order valence-corrected chi connectivity index (χ2v) is 6.84. The first-order chi connectivity index (χ1) is 10.5. The van der Waals surface area contributed by atoms with Crippen LogP contribution in [-0.4, -0.2) is 46.3 Å². The molecular formula is C15H24ClN3O3S. The van der Waals surface area contributed by atoms with Crippen molar-refractivity contribution >= 4 is 33.3 Å². The Morgan fingerprint density at radius 3 is 2.57 bits per heavy atom. The van der Waals surface area contributed by atoms with Gasteiger partial charge < -0.3 is 14.6 Å². The van der Waals surface area contributed by atoms with Crippen LogP contribution in [0.5, 0.6) is 0 Å². The van der Waals surface area contributed by atoms with E-state index in [0.29, 0.717) is 31.1 Å². The van der Waals surface area contributed by atoms with Crippen LogP contribution in [0, 0.1) is 6.92 Å². The quantitative estimate of drug-likeness (QED) is 0.697. The van der Waals surface area contributed by atoms with Gasteiger partial charge in [0, 0.05) is 50.4 Å². The molecule has 0 aliphatic rings. The van der Waals surface area contributed by atoms with Crippen molar-refractivity contribution in [1.82, 2.24) is 14.6 Å². The van der Waals surface area contributed by atoms with E-state index in [1.54, 1.807) is 7.11 Å². The Morgan fingerprint density at radius 2 is 1.87 bits per heavy atom. The summed E-state index contributed by atoms with van der Waals surface area (Å²) in [5.41, 5.74) is 1.65. The summed E-state index contributed by atoms with van der Waals surface area (Å²) in [6.07, 6.45) is 0. The van der Waals surface area contributed by atoms with Gasteiger partial charge in [0.2, 0.25) is 10.0 Å². The van der Waals surface area contributed by atoms with Gasteiger partial charge in [0.05, 0.1) is 6.61 Å². The number of aromatic nitrogens is 1. The van der Waals surface area contributed by atoms with Crippen molar-refractivity contribution in [3.05, 3.63) is 30.0 Å². The zero-order chi connectivity index (χ0) is 16.2. The number of sulfonamides is 1. The fourth-order valence-corrected chi connectivity index (χ4v) is 3.97. The van der Waals surface area contributed by atoms with Crippen molar-refractivity contribution in [2.24, 2.45) is 7.05 Å². The molecule has 1 aromatic heterocycles. The Kier molecular flexibility index (Phi) is 7.50. The SMILES string of the molecule is COCCNCCNS(=O)(=O)c1c(C)n(C)c2ccccc12.Cl. The number of fused-ring (bicyclic) bond motifs is 1. The highest BCUT2D eigenvalue weighted by Crippen LogP contribution is 2.28. The summed E-state index contributed by atoms with van der Waals surface area (Å²) in [5, 5.41) is 3.86. The number of benzene rings is 1. The maximum absolute atomic E-state index is 12.6. The van der Waals surface area contributed by atoms with Crippen LogP contribution in [-0.2, 0) is 21.8 Å². The molecule has 8 heteroatoms. The Hall–Kier alpha value is -1.12. The molecule has 0 spiro atoms. The normalized spacial score (nSPS) is 11.6. The van der Waals surface area contributed by atoms with Crippen molar-refractivity contribution in [2.75, 3.05) is 33.4 Å². The summed E-state index contributed by atoms with van der Waals surface area (Å²) in [7, 11) is -0.0210. The number of ether oxygens (including phenoxy) is 1. The van der Waals surface area contributed by atoms with Crippen LogP contribution in [0.15, 0.2) is 29.2 Å². The van der Waals surface area contributed by atoms with E-state index in [0.717, 1.165) is 16.6 Å². The molecule has 0 saturated carbocycles. The lowest BCUT2D eigenvalue weighted by molar-refractivity contribution is 0.199. The molecule has 0 bridgehead atoms. The minimum Gasteiger partial charge on any atom is -0.383 e. The molecule has 0 amide bonds. The largest absolute Gasteiger partial charge is 0.383 e. The number of para-hydroxylation sites is 1. The standard InChI is InChI=1S/C15H23N3O3S.ClH/c1-12-15(13-6-4-5-7-14(13)18(12)2)22(19,20)17-9-8-16-10-11-21-3;/h4-7,16-17H,8-11H2,1-3H3;1H. The number of aryl methyl sites for hydroxylation is 1. The van der Waals surface area contributed by atoms with E-state index in [9.17, 15) is 8.42 Å². The van der Waals surface area contributed by atoms with E-state index in [2.05, 4.69) is 10.0 Å². The molecule has 0 aliphatic carbocycles. The van der Waals surface area contributed by atoms with Gasteiger partial charge in [-0.25, -0.2) is 13.1 Å². The predicted molar refractivity (Wildman–Crippen MR) is 94.8 cm³/mol. The average molecular weight is 362 g/mol. The van der Waals surface area contributed by atoms with E-state index in [1.165, 1.54) is 0 Å². The number of hydrogen-bond donors (Lipinski definition) is 2. The van der Waals surface area contributed by atoms with Crippen LogP contribution in [0.1, 0.15) is 5.69 Å². The highest BCUT2D eigenvalue weighted by atomic mass is 35.5. The zero-order valence-electron chi connectivity index (χ0n) is 13.6. The summed E-state index contributed by atoms with van der Waals surface area (Å²) in [6, 6.07) is 7.53. The van der Waals surface area contributed by atoms with Crippen LogP contribution < -0.4 is 10.0 Å². The van der Waals surface area contributed by atoms with Gasteiger partial charge in [-0.15, -0.1) is 12.4 Å². The third-order valence-electron chi connectivity index (χ3n) is 3.69. The second kappa shape index (κ2) is 8.65.